The maximum absolute atomic E-state index is 12.9. The molecule has 7 nitrogen and oxygen atoms in total. The Morgan fingerprint density at radius 3 is 2.09 bits per heavy atom. The number of likely N-dealkylation sites (N-methyl/N-ethyl adjacent to an activating group) is 1. The molecule has 0 heterocycles. The molecule has 0 radical (unpaired) electrons. The summed E-state index contributed by atoms with van der Waals surface area (Å²) >= 11 is 0. The van der Waals surface area contributed by atoms with Crippen molar-refractivity contribution in [1.29, 1.82) is 0 Å². The molecule has 2 aromatic rings. The number of ether oxygens (including phenoxy) is 2. The first-order chi connectivity index (χ1) is 16.3. The first-order valence-corrected chi connectivity index (χ1v) is 11.4. The van der Waals surface area contributed by atoms with Crippen LogP contribution >= 0.6 is 0 Å². The van der Waals surface area contributed by atoms with Crippen LogP contribution in [0.4, 0.5) is 4.79 Å². The van der Waals surface area contributed by atoms with E-state index in [1.165, 1.54) is 18.0 Å². The molecule has 0 spiro atoms. The number of nitrogens with zero attached hydrogens (tertiary/aromatic N) is 1. The van der Waals surface area contributed by atoms with Crippen LogP contribution in [0.5, 0.6) is 0 Å². The van der Waals surface area contributed by atoms with Gasteiger partial charge in [-0.2, -0.15) is 0 Å². The normalized spacial score (nSPS) is 13.9. The third-order valence-electron chi connectivity index (χ3n) is 6.03. The van der Waals surface area contributed by atoms with Gasteiger partial charge in [0.15, 0.2) is 0 Å². The molecule has 2 aromatic carbocycles. The Bertz CT molecular complexity index is 1020. The molecule has 0 saturated heterocycles. The number of alkyl carbamates (subject to hydrolysis) is 1. The van der Waals surface area contributed by atoms with Gasteiger partial charge in [-0.1, -0.05) is 75.0 Å². The van der Waals surface area contributed by atoms with Crippen molar-refractivity contribution >= 4 is 18.0 Å². The number of fused-ring (bicyclic) bond motifs is 3. The van der Waals surface area contributed by atoms with E-state index >= 15 is 0 Å². The highest BCUT2D eigenvalue weighted by Gasteiger charge is 2.34. The summed E-state index contributed by atoms with van der Waals surface area (Å²) in [6.45, 7) is 8.96. The van der Waals surface area contributed by atoms with E-state index in [9.17, 15) is 14.4 Å². The van der Waals surface area contributed by atoms with Gasteiger partial charge in [-0.3, -0.25) is 4.79 Å². The van der Waals surface area contributed by atoms with Gasteiger partial charge < -0.3 is 19.7 Å². The molecule has 1 N–H and O–H groups in total. The second kappa shape index (κ2) is 11.0. The summed E-state index contributed by atoms with van der Waals surface area (Å²) in [6, 6.07) is 14.5. The topological polar surface area (TPSA) is 84.9 Å². The number of carbonyl (C=O) groups excluding carboxylic acids is 3. The van der Waals surface area contributed by atoms with Crippen LogP contribution < -0.4 is 5.32 Å². The Balaban J connectivity index is 1.61. The maximum Gasteiger partial charge on any atom is 0.407 e. The minimum Gasteiger partial charge on any atom is -0.460 e. The number of hydrogen-bond acceptors (Lipinski definition) is 5. The van der Waals surface area contributed by atoms with Gasteiger partial charge >= 0.3 is 12.1 Å². The third kappa shape index (κ3) is 5.30. The number of nitrogens with one attached hydrogen (secondary N) is 1. The number of benzene rings is 2. The Kier molecular flexibility index (Phi) is 8.10. The van der Waals surface area contributed by atoms with E-state index in [4.69, 9.17) is 9.47 Å². The summed E-state index contributed by atoms with van der Waals surface area (Å²) in [4.78, 5) is 39.2. The van der Waals surface area contributed by atoms with Crippen LogP contribution in [0.3, 0.4) is 0 Å². The van der Waals surface area contributed by atoms with Crippen LogP contribution in [0.1, 0.15) is 37.8 Å². The zero-order chi connectivity index (χ0) is 24.8. The molecule has 180 valence electrons. The number of hydrogen-bond donors (Lipinski definition) is 1. The summed E-state index contributed by atoms with van der Waals surface area (Å²) in [7, 11) is 1.53. The van der Waals surface area contributed by atoms with E-state index in [0.717, 1.165) is 22.3 Å². The third-order valence-corrected chi connectivity index (χ3v) is 6.03. The predicted molar refractivity (Wildman–Crippen MR) is 130 cm³/mol. The summed E-state index contributed by atoms with van der Waals surface area (Å²) < 4.78 is 10.7. The molecule has 34 heavy (non-hydrogen) atoms. The Hall–Kier alpha value is -3.61. The lowest BCUT2D eigenvalue weighted by Gasteiger charge is -2.31. The van der Waals surface area contributed by atoms with Crippen molar-refractivity contribution < 1.29 is 23.9 Å². The predicted octanol–water partition coefficient (Wildman–Crippen LogP) is 4.13. The maximum atomic E-state index is 12.9. The second-order valence-corrected chi connectivity index (χ2v) is 8.75. The van der Waals surface area contributed by atoms with E-state index in [-0.39, 0.29) is 25.0 Å². The van der Waals surface area contributed by atoms with Gasteiger partial charge in [-0.25, -0.2) is 9.59 Å². The van der Waals surface area contributed by atoms with E-state index in [0.29, 0.717) is 0 Å². The van der Waals surface area contributed by atoms with Gasteiger partial charge in [0, 0.05) is 13.0 Å². The molecule has 0 bridgehead atoms. The molecule has 7 heteroatoms. The van der Waals surface area contributed by atoms with Gasteiger partial charge in [0.25, 0.3) is 0 Å². The second-order valence-electron chi connectivity index (χ2n) is 8.75. The van der Waals surface area contributed by atoms with Crippen LogP contribution in [0.25, 0.3) is 11.1 Å². The zero-order valence-electron chi connectivity index (χ0n) is 20.1. The largest absolute Gasteiger partial charge is 0.460 e. The van der Waals surface area contributed by atoms with Crippen LogP contribution in [0.2, 0.25) is 0 Å². The molecule has 2 amide bonds. The van der Waals surface area contributed by atoms with Crippen molar-refractivity contribution in [2.45, 2.75) is 38.8 Å². The van der Waals surface area contributed by atoms with E-state index < -0.39 is 30.1 Å². The standard InChI is InChI=1S/C27H32N2O5/c1-6-15-33-26(31)24(17(2)3)29(5)25(30)18(4)28-27(32)34-16-23-21-13-9-7-11-19(21)20-12-8-10-14-22(20)23/h6-14,17-18,23-24H,1,15-16H2,2-5H3,(H,28,32)/t18-,24-/m0/s1. The average Bonchev–Trinajstić information content (AvgIpc) is 3.14. The Morgan fingerprint density at radius 1 is 1.00 bits per heavy atom. The first kappa shape index (κ1) is 25.0. The lowest BCUT2D eigenvalue weighted by molar-refractivity contribution is -0.155. The molecule has 3 rings (SSSR count). The molecule has 1 aliphatic rings. The molecule has 0 fully saturated rings. The van der Waals surface area contributed by atoms with E-state index in [2.05, 4.69) is 24.0 Å². The lowest BCUT2D eigenvalue weighted by Crippen LogP contribution is -2.53. The zero-order valence-corrected chi connectivity index (χ0v) is 20.1. The number of rotatable bonds is 9. The minimum absolute atomic E-state index is 0.0671. The van der Waals surface area contributed by atoms with E-state index in [1.807, 2.05) is 50.2 Å². The molecule has 1 aliphatic carbocycles. The molecule has 2 atom stereocenters. The summed E-state index contributed by atoms with van der Waals surface area (Å²) in [5.41, 5.74) is 4.50. The number of carbonyl (C=O) groups is 3. The fraction of sp³-hybridized carbons (Fsp3) is 0.370. The average molecular weight is 465 g/mol. The van der Waals surface area contributed by atoms with Crippen molar-refractivity contribution in [3.05, 3.63) is 72.3 Å². The molecule has 0 aliphatic heterocycles. The first-order valence-electron chi connectivity index (χ1n) is 11.4. The molecule has 0 aromatic heterocycles. The SMILES string of the molecule is C=CCOC(=O)[C@H](C(C)C)N(C)C(=O)[C@H](C)NC(=O)OCC1c2ccccc2-c2ccccc21. The number of esters is 1. The van der Waals surface area contributed by atoms with Crippen LogP contribution in [0.15, 0.2) is 61.2 Å². The summed E-state index contributed by atoms with van der Waals surface area (Å²) in [5, 5.41) is 2.59. The molecule has 0 saturated carbocycles. The highest BCUT2D eigenvalue weighted by Crippen LogP contribution is 2.44. The van der Waals surface area contributed by atoms with Crippen molar-refractivity contribution in [3.8, 4) is 11.1 Å². The van der Waals surface area contributed by atoms with Crippen LogP contribution in [-0.4, -0.2) is 55.2 Å². The van der Waals surface area contributed by atoms with Crippen molar-refractivity contribution in [2.75, 3.05) is 20.3 Å². The molecular weight excluding hydrogens is 432 g/mol. The highest BCUT2D eigenvalue weighted by molar-refractivity contribution is 5.89. The highest BCUT2D eigenvalue weighted by atomic mass is 16.5. The monoisotopic (exact) mass is 464 g/mol. The van der Waals surface area contributed by atoms with Gasteiger partial charge in [-0.05, 0) is 35.1 Å². The number of amides is 2. The Morgan fingerprint density at radius 2 is 1.56 bits per heavy atom. The van der Waals surface area contributed by atoms with Gasteiger partial charge in [0.05, 0.1) is 0 Å². The fourth-order valence-electron chi connectivity index (χ4n) is 4.43. The van der Waals surface area contributed by atoms with Gasteiger partial charge in [0.2, 0.25) is 5.91 Å². The van der Waals surface area contributed by atoms with Crippen molar-refractivity contribution in [2.24, 2.45) is 5.92 Å². The summed E-state index contributed by atoms with van der Waals surface area (Å²) in [6.07, 6.45) is 0.782. The minimum atomic E-state index is -0.880. The summed E-state index contributed by atoms with van der Waals surface area (Å²) in [5.74, 6) is -1.17. The van der Waals surface area contributed by atoms with E-state index in [1.54, 1.807) is 6.92 Å². The molecular formula is C27H32N2O5. The lowest BCUT2D eigenvalue weighted by atomic mass is 9.98. The quantitative estimate of drug-likeness (QED) is 0.446. The van der Waals surface area contributed by atoms with Crippen molar-refractivity contribution in [1.82, 2.24) is 10.2 Å². The van der Waals surface area contributed by atoms with Gasteiger partial charge in [-0.15, -0.1) is 0 Å². The van der Waals surface area contributed by atoms with Crippen molar-refractivity contribution in [3.63, 3.8) is 0 Å². The van der Waals surface area contributed by atoms with Gasteiger partial charge in [0.1, 0.15) is 25.3 Å². The van der Waals surface area contributed by atoms with Crippen LogP contribution in [-0.2, 0) is 19.1 Å². The van der Waals surface area contributed by atoms with Crippen LogP contribution in [0, 0.1) is 5.92 Å². The smallest absolute Gasteiger partial charge is 0.407 e. The fourth-order valence-corrected chi connectivity index (χ4v) is 4.43. The Labute approximate surface area is 200 Å². The molecule has 0 unspecified atom stereocenters.